The number of carbonyl (C=O) groups is 2. The third kappa shape index (κ3) is 3.16. The van der Waals surface area contributed by atoms with E-state index in [1.54, 1.807) is 25.1 Å². The number of aromatic amines is 1. The summed E-state index contributed by atoms with van der Waals surface area (Å²) in [5.74, 6) is -1.000. The molecule has 0 aliphatic heterocycles. The van der Waals surface area contributed by atoms with Gasteiger partial charge in [-0.1, -0.05) is 23.4 Å². The van der Waals surface area contributed by atoms with E-state index >= 15 is 0 Å². The van der Waals surface area contributed by atoms with Crippen molar-refractivity contribution in [3.63, 3.8) is 0 Å². The number of amides is 1. The molecule has 2 rings (SSSR count). The molecule has 1 aromatic carbocycles. The zero-order valence-corrected chi connectivity index (χ0v) is 10.7. The van der Waals surface area contributed by atoms with Gasteiger partial charge in [0.2, 0.25) is 5.91 Å². The molecule has 0 bridgehead atoms. The molecular formula is C12H13N5O3. The van der Waals surface area contributed by atoms with Gasteiger partial charge in [-0.3, -0.25) is 4.79 Å². The molecule has 0 aliphatic rings. The molecule has 0 aliphatic carbocycles. The van der Waals surface area contributed by atoms with Crippen molar-refractivity contribution in [2.45, 2.75) is 19.4 Å². The minimum Gasteiger partial charge on any atom is -0.478 e. The number of hydrogen-bond acceptors (Lipinski definition) is 5. The summed E-state index contributed by atoms with van der Waals surface area (Å²) < 4.78 is 0. The quantitative estimate of drug-likeness (QED) is 0.722. The van der Waals surface area contributed by atoms with Crippen molar-refractivity contribution in [3.8, 4) is 0 Å². The van der Waals surface area contributed by atoms with Gasteiger partial charge in [-0.15, -0.1) is 10.2 Å². The largest absolute Gasteiger partial charge is 0.478 e. The van der Waals surface area contributed by atoms with Gasteiger partial charge in [0.15, 0.2) is 5.82 Å². The molecule has 20 heavy (non-hydrogen) atoms. The molecule has 0 saturated carbocycles. The Labute approximate surface area is 114 Å². The maximum Gasteiger partial charge on any atom is 0.335 e. The Morgan fingerprint density at radius 2 is 2.15 bits per heavy atom. The molecule has 1 atom stereocenters. The maximum atomic E-state index is 11.9. The fraction of sp³-hybridized carbons (Fsp3) is 0.250. The number of aromatic nitrogens is 4. The lowest BCUT2D eigenvalue weighted by Gasteiger charge is -2.11. The van der Waals surface area contributed by atoms with Gasteiger partial charge in [0, 0.05) is 0 Å². The first-order chi connectivity index (χ1) is 9.58. The number of tetrazole rings is 1. The standard InChI is InChI=1S/C12H13N5O3/c1-7(11-14-16-17-15-11)13-10(18)6-8-4-2-3-5-9(8)12(19)20/h2-5,7H,6H2,1H3,(H,13,18)(H,19,20)(H,14,15,16,17). The number of hydrogen-bond donors (Lipinski definition) is 3. The van der Waals surface area contributed by atoms with Crippen molar-refractivity contribution in [2.75, 3.05) is 0 Å². The Morgan fingerprint density at radius 3 is 2.80 bits per heavy atom. The fourth-order valence-electron chi connectivity index (χ4n) is 1.77. The fourth-order valence-corrected chi connectivity index (χ4v) is 1.77. The number of H-pyrrole nitrogens is 1. The summed E-state index contributed by atoms with van der Waals surface area (Å²) in [7, 11) is 0. The van der Waals surface area contributed by atoms with Crippen LogP contribution in [0.15, 0.2) is 24.3 Å². The van der Waals surface area contributed by atoms with E-state index in [-0.39, 0.29) is 17.9 Å². The number of aromatic carboxylic acids is 1. The molecule has 104 valence electrons. The molecule has 3 N–H and O–H groups in total. The zero-order chi connectivity index (χ0) is 14.5. The number of nitrogens with zero attached hydrogens (tertiary/aromatic N) is 3. The molecule has 0 saturated heterocycles. The topological polar surface area (TPSA) is 121 Å². The number of benzene rings is 1. The average Bonchev–Trinajstić information content (AvgIpc) is 2.92. The minimum atomic E-state index is -1.06. The van der Waals surface area contributed by atoms with Crippen molar-refractivity contribution in [1.82, 2.24) is 25.9 Å². The smallest absolute Gasteiger partial charge is 0.335 e. The van der Waals surface area contributed by atoms with Crippen LogP contribution in [0, 0.1) is 0 Å². The van der Waals surface area contributed by atoms with Crippen molar-refractivity contribution in [3.05, 3.63) is 41.2 Å². The van der Waals surface area contributed by atoms with E-state index in [4.69, 9.17) is 5.11 Å². The summed E-state index contributed by atoms with van der Waals surface area (Å²) in [4.78, 5) is 23.0. The first kappa shape index (κ1) is 13.7. The van der Waals surface area contributed by atoms with Gasteiger partial charge in [-0.2, -0.15) is 5.21 Å². The second-order valence-corrected chi connectivity index (χ2v) is 4.20. The third-order valence-corrected chi connectivity index (χ3v) is 2.73. The highest BCUT2D eigenvalue weighted by atomic mass is 16.4. The van der Waals surface area contributed by atoms with Crippen molar-refractivity contribution >= 4 is 11.9 Å². The summed E-state index contributed by atoms with van der Waals surface area (Å²) >= 11 is 0. The van der Waals surface area contributed by atoms with E-state index in [1.807, 2.05) is 0 Å². The van der Waals surface area contributed by atoms with Crippen LogP contribution in [0.2, 0.25) is 0 Å². The molecular weight excluding hydrogens is 262 g/mol. The van der Waals surface area contributed by atoms with Gasteiger partial charge in [0.1, 0.15) is 0 Å². The Kier molecular flexibility index (Phi) is 4.04. The molecule has 1 unspecified atom stereocenters. The molecule has 8 heteroatoms. The van der Waals surface area contributed by atoms with Crippen LogP contribution in [0.25, 0.3) is 0 Å². The Balaban J connectivity index is 2.03. The highest BCUT2D eigenvalue weighted by Crippen LogP contribution is 2.11. The number of rotatable bonds is 5. The predicted molar refractivity (Wildman–Crippen MR) is 67.8 cm³/mol. The number of carbonyl (C=O) groups excluding carboxylic acids is 1. The van der Waals surface area contributed by atoms with E-state index < -0.39 is 12.0 Å². The second kappa shape index (κ2) is 5.91. The van der Waals surface area contributed by atoms with Crippen LogP contribution in [0.5, 0.6) is 0 Å². The van der Waals surface area contributed by atoms with E-state index in [0.717, 1.165) is 0 Å². The highest BCUT2D eigenvalue weighted by Gasteiger charge is 2.16. The molecule has 1 aromatic heterocycles. The molecule has 0 spiro atoms. The first-order valence-corrected chi connectivity index (χ1v) is 5.92. The van der Waals surface area contributed by atoms with Crippen LogP contribution in [0.3, 0.4) is 0 Å². The number of nitrogens with one attached hydrogen (secondary N) is 2. The molecule has 8 nitrogen and oxygen atoms in total. The minimum absolute atomic E-state index is 0.0232. The van der Waals surface area contributed by atoms with Crippen LogP contribution >= 0.6 is 0 Å². The number of carboxylic acid groups (broad SMARTS) is 1. The lowest BCUT2D eigenvalue weighted by atomic mass is 10.0. The molecule has 0 fully saturated rings. The lowest BCUT2D eigenvalue weighted by molar-refractivity contribution is -0.121. The summed E-state index contributed by atoms with van der Waals surface area (Å²) in [6, 6.07) is 5.98. The van der Waals surface area contributed by atoms with Crippen LogP contribution < -0.4 is 5.32 Å². The van der Waals surface area contributed by atoms with Crippen molar-refractivity contribution < 1.29 is 14.7 Å². The Bertz CT molecular complexity index is 611. The van der Waals surface area contributed by atoms with E-state index in [9.17, 15) is 9.59 Å². The summed E-state index contributed by atoms with van der Waals surface area (Å²) in [5.41, 5.74) is 0.577. The van der Waals surface area contributed by atoms with E-state index in [2.05, 4.69) is 25.9 Å². The monoisotopic (exact) mass is 275 g/mol. The highest BCUT2D eigenvalue weighted by molar-refractivity contribution is 5.91. The summed E-state index contributed by atoms with van der Waals surface area (Å²) in [6.45, 7) is 1.71. The Morgan fingerprint density at radius 1 is 1.40 bits per heavy atom. The normalized spacial score (nSPS) is 11.8. The second-order valence-electron chi connectivity index (χ2n) is 4.20. The average molecular weight is 275 g/mol. The summed E-state index contributed by atoms with van der Waals surface area (Å²) in [5, 5.41) is 25.0. The Hall–Kier alpha value is -2.77. The van der Waals surface area contributed by atoms with Gasteiger partial charge < -0.3 is 10.4 Å². The molecule has 2 aromatic rings. The van der Waals surface area contributed by atoms with Crippen molar-refractivity contribution in [2.24, 2.45) is 0 Å². The van der Waals surface area contributed by atoms with Gasteiger partial charge in [0.25, 0.3) is 0 Å². The van der Waals surface area contributed by atoms with E-state index in [0.29, 0.717) is 11.4 Å². The van der Waals surface area contributed by atoms with Crippen LogP contribution in [-0.2, 0) is 11.2 Å². The van der Waals surface area contributed by atoms with Gasteiger partial charge in [-0.05, 0) is 18.6 Å². The maximum absolute atomic E-state index is 11.9. The van der Waals surface area contributed by atoms with E-state index in [1.165, 1.54) is 6.07 Å². The van der Waals surface area contributed by atoms with Crippen molar-refractivity contribution in [1.29, 1.82) is 0 Å². The SMILES string of the molecule is CC(NC(=O)Cc1ccccc1C(=O)O)c1nn[nH]n1. The van der Waals surface area contributed by atoms with Crippen LogP contribution in [0.1, 0.15) is 34.7 Å². The summed E-state index contributed by atoms with van der Waals surface area (Å²) in [6.07, 6.45) is -0.0232. The molecule has 1 heterocycles. The predicted octanol–water partition coefficient (Wildman–Crippen LogP) is 0.318. The molecule has 0 radical (unpaired) electrons. The van der Waals surface area contributed by atoms with Crippen LogP contribution in [0.4, 0.5) is 0 Å². The van der Waals surface area contributed by atoms with Gasteiger partial charge in [0.05, 0.1) is 18.0 Å². The first-order valence-electron chi connectivity index (χ1n) is 5.92. The molecule has 1 amide bonds. The van der Waals surface area contributed by atoms with Crippen LogP contribution in [-0.4, -0.2) is 37.6 Å². The van der Waals surface area contributed by atoms with Gasteiger partial charge in [-0.25, -0.2) is 4.79 Å². The zero-order valence-electron chi connectivity index (χ0n) is 10.7. The third-order valence-electron chi connectivity index (χ3n) is 2.73. The lowest BCUT2D eigenvalue weighted by Crippen LogP contribution is -2.29. The van der Waals surface area contributed by atoms with Gasteiger partial charge >= 0.3 is 5.97 Å². The number of carboxylic acids is 1.